The Morgan fingerprint density at radius 1 is 0.973 bits per heavy atom. The first kappa shape index (κ1) is 26.6. The maximum absolute atomic E-state index is 13.3. The third kappa shape index (κ3) is 6.11. The number of nitrogens with one attached hydrogen (secondary N) is 1. The minimum absolute atomic E-state index is 0.0156. The Balaban J connectivity index is 1.21. The van der Waals surface area contributed by atoms with Gasteiger partial charge in [-0.1, -0.05) is 0 Å². The zero-order valence-electron chi connectivity index (χ0n) is 19.4. The number of rotatable bonds is 7. The molecule has 0 spiro atoms. The SMILES string of the molecule is O=C1NCCn2c(CCOCCC(=O)N3CCN(c4ncc(C(F)(F)F)cn4)CC3)nc(C(F)(F)F)c21. The van der Waals surface area contributed by atoms with Crippen LogP contribution in [0.2, 0.25) is 0 Å². The summed E-state index contributed by atoms with van der Waals surface area (Å²) in [7, 11) is 0. The summed E-state index contributed by atoms with van der Waals surface area (Å²) in [6.45, 7) is 1.76. The molecule has 1 N–H and O–H groups in total. The summed E-state index contributed by atoms with van der Waals surface area (Å²) < 4.78 is 84.5. The zero-order chi connectivity index (χ0) is 26.8. The molecule has 4 rings (SSSR count). The average Bonchev–Trinajstić information content (AvgIpc) is 3.24. The number of ether oxygens (including phenoxy) is 1. The Kier molecular flexibility index (Phi) is 7.57. The van der Waals surface area contributed by atoms with Gasteiger partial charge in [0.15, 0.2) is 5.69 Å². The first-order chi connectivity index (χ1) is 17.4. The zero-order valence-corrected chi connectivity index (χ0v) is 19.4. The van der Waals surface area contributed by atoms with Gasteiger partial charge in [0.1, 0.15) is 11.5 Å². The van der Waals surface area contributed by atoms with Crippen LogP contribution in [0.4, 0.5) is 32.3 Å². The summed E-state index contributed by atoms with van der Waals surface area (Å²) in [4.78, 5) is 38.8. The predicted octanol–water partition coefficient (Wildman–Crippen LogP) is 1.75. The van der Waals surface area contributed by atoms with E-state index in [0.717, 1.165) is 12.4 Å². The largest absolute Gasteiger partial charge is 0.435 e. The molecular weight excluding hydrogens is 512 g/mol. The van der Waals surface area contributed by atoms with Gasteiger partial charge < -0.3 is 24.4 Å². The molecule has 10 nitrogen and oxygen atoms in total. The van der Waals surface area contributed by atoms with E-state index in [9.17, 15) is 35.9 Å². The van der Waals surface area contributed by atoms with Crippen molar-refractivity contribution in [2.24, 2.45) is 0 Å². The fourth-order valence-corrected chi connectivity index (χ4v) is 4.09. The van der Waals surface area contributed by atoms with Crippen molar-refractivity contribution < 1.29 is 40.7 Å². The second-order valence-electron chi connectivity index (χ2n) is 8.38. The number of carbonyl (C=O) groups is 2. The third-order valence-corrected chi connectivity index (χ3v) is 5.96. The normalized spacial score (nSPS) is 16.5. The van der Waals surface area contributed by atoms with Gasteiger partial charge in [0, 0.05) is 58.1 Å². The molecule has 202 valence electrons. The molecule has 1 saturated heterocycles. The van der Waals surface area contributed by atoms with E-state index in [0.29, 0.717) is 26.2 Å². The summed E-state index contributed by atoms with van der Waals surface area (Å²) in [5, 5.41) is 2.38. The van der Waals surface area contributed by atoms with E-state index < -0.39 is 35.2 Å². The fourth-order valence-electron chi connectivity index (χ4n) is 4.09. The van der Waals surface area contributed by atoms with Gasteiger partial charge >= 0.3 is 12.4 Å². The van der Waals surface area contributed by atoms with Crippen LogP contribution in [0.3, 0.4) is 0 Å². The van der Waals surface area contributed by atoms with Crippen LogP contribution in [0.25, 0.3) is 0 Å². The van der Waals surface area contributed by atoms with Gasteiger partial charge in [-0.2, -0.15) is 26.3 Å². The number of aromatic nitrogens is 4. The molecule has 2 aliphatic rings. The lowest BCUT2D eigenvalue weighted by Crippen LogP contribution is -2.49. The van der Waals surface area contributed by atoms with Crippen molar-refractivity contribution in [2.75, 3.05) is 50.8 Å². The highest BCUT2D eigenvalue weighted by molar-refractivity contribution is 5.94. The summed E-state index contributed by atoms with van der Waals surface area (Å²) in [5.41, 5.74) is -2.68. The van der Waals surface area contributed by atoms with Crippen molar-refractivity contribution in [1.29, 1.82) is 0 Å². The Bertz CT molecular complexity index is 1130. The molecule has 2 aromatic heterocycles. The second kappa shape index (κ2) is 10.5. The van der Waals surface area contributed by atoms with Crippen LogP contribution in [0.5, 0.6) is 0 Å². The van der Waals surface area contributed by atoms with Gasteiger partial charge in [0.05, 0.1) is 25.2 Å². The molecule has 2 amide bonds. The first-order valence-corrected chi connectivity index (χ1v) is 11.4. The molecule has 37 heavy (non-hydrogen) atoms. The number of carbonyl (C=O) groups excluding carboxylic acids is 2. The minimum atomic E-state index is -4.76. The number of fused-ring (bicyclic) bond motifs is 1. The number of amides is 2. The van der Waals surface area contributed by atoms with Crippen LogP contribution in [-0.4, -0.2) is 82.2 Å². The van der Waals surface area contributed by atoms with Crippen LogP contribution in [0.15, 0.2) is 12.4 Å². The summed E-state index contributed by atoms with van der Waals surface area (Å²) >= 11 is 0. The third-order valence-electron chi connectivity index (χ3n) is 5.96. The molecule has 2 aliphatic heterocycles. The van der Waals surface area contributed by atoms with Crippen LogP contribution in [0, 0.1) is 0 Å². The van der Waals surface area contributed by atoms with Gasteiger partial charge in [-0.05, 0) is 0 Å². The Morgan fingerprint density at radius 3 is 2.27 bits per heavy atom. The van der Waals surface area contributed by atoms with Crippen molar-refractivity contribution in [2.45, 2.75) is 31.7 Å². The van der Waals surface area contributed by atoms with Gasteiger partial charge in [0.25, 0.3) is 5.91 Å². The van der Waals surface area contributed by atoms with Gasteiger partial charge in [-0.15, -0.1) is 0 Å². The number of piperazine rings is 1. The molecule has 0 aliphatic carbocycles. The molecule has 0 unspecified atom stereocenters. The Hall–Kier alpha value is -3.43. The van der Waals surface area contributed by atoms with Crippen molar-refractivity contribution in [3.8, 4) is 0 Å². The molecule has 0 saturated carbocycles. The number of imidazole rings is 1. The van der Waals surface area contributed by atoms with Crippen LogP contribution in [-0.2, 0) is 34.8 Å². The maximum atomic E-state index is 13.3. The Morgan fingerprint density at radius 2 is 1.65 bits per heavy atom. The van der Waals surface area contributed by atoms with Crippen molar-refractivity contribution in [1.82, 2.24) is 29.7 Å². The highest BCUT2D eigenvalue weighted by atomic mass is 19.4. The Labute approximate surface area is 206 Å². The number of anilines is 1. The molecule has 0 radical (unpaired) electrons. The summed E-state index contributed by atoms with van der Waals surface area (Å²) in [6.07, 6.45) is -7.76. The van der Waals surface area contributed by atoms with Gasteiger partial charge in [-0.3, -0.25) is 9.59 Å². The quantitative estimate of drug-likeness (QED) is 0.426. The van der Waals surface area contributed by atoms with Crippen molar-refractivity contribution in [3.05, 3.63) is 35.2 Å². The number of alkyl halides is 6. The van der Waals surface area contributed by atoms with E-state index in [4.69, 9.17) is 4.74 Å². The highest BCUT2D eigenvalue weighted by Gasteiger charge is 2.42. The van der Waals surface area contributed by atoms with Gasteiger partial charge in [-0.25, -0.2) is 15.0 Å². The van der Waals surface area contributed by atoms with E-state index in [-0.39, 0.29) is 56.8 Å². The fraction of sp³-hybridized carbons (Fsp3) is 0.571. The number of hydrogen-bond acceptors (Lipinski definition) is 7. The van der Waals surface area contributed by atoms with Crippen molar-refractivity contribution in [3.63, 3.8) is 0 Å². The number of hydrogen-bond donors (Lipinski definition) is 1. The van der Waals surface area contributed by atoms with E-state index in [1.807, 2.05) is 0 Å². The smallest absolute Gasteiger partial charge is 0.380 e. The van der Waals surface area contributed by atoms with Crippen LogP contribution in [0.1, 0.15) is 34.0 Å². The predicted molar refractivity (Wildman–Crippen MR) is 115 cm³/mol. The van der Waals surface area contributed by atoms with Gasteiger partial charge in [0.2, 0.25) is 11.9 Å². The number of nitrogens with zero attached hydrogens (tertiary/aromatic N) is 6. The molecule has 1 fully saturated rings. The van der Waals surface area contributed by atoms with Crippen molar-refractivity contribution >= 4 is 17.8 Å². The van der Waals surface area contributed by atoms with Crippen LogP contribution < -0.4 is 10.2 Å². The molecule has 0 aromatic carbocycles. The lowest BCUT2D eigenvalue weighted by atomic mass is 10.2. The van der Waals surface area contributed by atoms with E-state index in [1.54, 1.807) is 9.80 Å². The topological polar surface area (TPSA) is 105 Å². The average molecular weight is 535 g/mol. The van der Waals surface area contributed by atoms with E-state index in [2.05, 4.69) is 20.3 Å². The lowest BCUT2D eigenvalue weighted by molar-refractivity contribution is -0.141. The van der Waals surface area contributed by atoms with Crippen LogP contribution >= 0.6 is 0 Å². The monoisotopic (exact) mass is 535 g/mol. The van der Waals surface area contributed by atoms with E-state index >= 15 is 0 Å². The minimum Gasteiger partial charge on any atom is -0.380 e. The lowest BCUT2D eigenvalue weighted by Gasteiger charge is -2.34. The number of halogens is 6. The highest BCUT2D eigenvalue weighted by Crippen LogP contribution is 2.33. The standard InChI is InChI=1S/C21H23F6N7O3/c22-20(23,24)13-11-29-19(30-12-13)33-7-5-32(6-8-33)15(35)2-10-37-9-1-14-31-17(21(25,26)27)16-18(36)28-3-4-34(14)16/h11-12H,1-10H2,(H,28,36). The molecule has 0 bridgehead atoms. The molecule has 4 heterocycles. The second-order valence-corrected chi connectivity index (χ2v) is 8.38. The molecule has 16 heteroatoms. The molecule has 2 aromatic rings. The molecular formula is C21H23F6N7O3. The summed E-state index contributed by atoms with van der Waals surface area (Å²) in [6, 6.07) is 0. The summed E-state index contributed by atoms with van der Waals surface area (Å²) in [5.74, 6) is -0.781. The molecule has 0 atom stereocenters. The maximum Gasteiger partial charge on any atom is 0.435 e. The van der Waals surface area contributed by atoms with E-state index in [1.165, 1.54) is 4.57 Å². The first-order valence-electron chi connectivity index (χ1n) is 11.4.